The Balaban J connectivity index is 2.12. The summed E-state index contributed by atoms with van der Waals surface area (Å²) >= 11 is 4.66. The van der Waals surface area contributed by atoms with Crippen LogP contribution in [0.4, 0.5) is 0 Å². The first-order chi connectivity index (χ1) is 6.42. The lowest BCUT2D eigenvalue weighted by Crippen LogP contribution is -2.43. The van der Waals surface area contributed by atoms with Gasteiger partial charge in [-0.3, -0.25) is 0 Å². The first-order valence-electron chi connectivity index (χ1n) is 5.78. The van der Waals surface area contributed by atoms with Crippen molar-refractivity contribution in [3.8, 4) is 0 Å². The smallest absolute Gasteiger partial charge is 0.0748 e. The van der Waals surface area contributed by atoms with Crippen LogP contribution in [0.5, 0.6) is 0 Å². The molecule has 0 amide bonds. The van der Waals surface area contributed by atoms with Gasteiger partial charge in [-0.05, 0) is 19.8 Å². The highest BCUT2D eigenvalue weighted by molar-refractivity contribution is 8.24. The fourth-order valence-corrected chi connectivity index (χ4v) is 9.63. The second-order valence-electron chi connectivity index (χ2n) is 5.79. The van der Waals surface area contributed by atoms with Gasteiger partial charge in [0.2, 0.25) is 0 Å². The molecule has 0 nitrogen and oxygen atoms in total. The van der Waals surface area contributed by atoms with Gasteiger partial charge in [0.1, 0.15) is 0 Å². The van der Waals surface area contributed by atoms with E-state index in [1.807, 2.05) is 0 Å². The Bertz CT molecular complexity index is 208. The Kier molecular flexibility index (Phi) is 3.05. The van der Waals surface area contributed by atoms with E-state index in [1.165, 1.54) is 25.7 Å². The van der Waals surface area contributed by atoms with Gasteiger partial charge in [0, 0.05) is 10.5 Å². The van der Waals surface area contributed by atoms with Crippen molar-refractivity contribution in [3.63, 3.8) is 0 Å². The number of hydrogen-bond acceptors (Lipinski definition) is 2. The first kappa shape index (κ1) is 11.4. The number of thioether (sulfide) groups is 2. The predicted molar refractivity (Wildman–Crippen MR) is 73.0 cm³/mol. The lowest BCUT2D eigenvalue weighted by Gasteiger charge is -2.35. The molecule has 3 heteroatoms. The van der Waals surface area contributed by atoms with Gasteiger partial charge in [-0.15, -0.1) is 23.5 Å². The molecule has 2 atom stereocenters. The monoisotopic (exact) mass is 246 g/mol. The second-order valence-corrected chi connectivity index (χ2v) is 15.6. The SMILES string of the molecule is CC1([Si](C)(C)C)S[C@H]2CCCC[C@@H]2S1. The Morgan fingerprint density at radius 2 is 1.43 bits per heavy atom. The van der Waals surface area contributed by atoms with Crippen LogP contribution in [-0.2, 0) is 0 Å². The Hall–Kier alpha value is 0.917. The molecule has 0 radical (unpaired) electrons. The summed E-state index contributed by atoms with van der Waals surface area (Å²) in [5, 5.41) is 1.98. The van der Waals surface area contributed by atoms with E-state index < -0.39 is 8.07 Å². The molecule has 0 bridgehead atoms. The molecule has 2 rings (SSSR count). The third-order valence-electron chi connectivity index (χ3n) is 3.76. The van der Waals surface area contributed by atoms with Crippen LogP contribution in [-0.4, -0.2) is 22.3 Å². The normalized spacial score (nSPS) is 36.9. The van der Waals surface area contributed by atoms with Gasteiger partial charge in [0.15, 0.2) is 0 Å². The number of rotatable bonds is 1. The molecule has 0 aromatic rings. The van der Waals surface area contributed by atoms with Gasteiger partial charge in [-0.1, -0.05) is 32.5 Å². The Morgan fingerprint density at radius 3 is 1.79 bits per heavy atom. The molecule has 1 saturated carbocycles. The fraction of sp³-hybridized carbons (Fsp3) is 1.00. The molecule has 0 aromatic heterocycles. The van der Waals surface area contributed by atoms with Crippen LogP contribution in [0.25, 0.3) is 0 Å². The van der Waals surface area contributed by atoms with Crippen LogP contribution >= 0.6 is 23.5 Å². The molecule has 1 aliphatic carbocycles. The molecule has 0 N–H and O–H groups in total. The van der Waals surface area contributed by atoms with Gasteiger partial charge < -0.3 is 0 Å². The molecule has 82 valence electrons. The summed E-state index contributed by atoms with van der Waals surface area (Å²) < 4.78 is 0.590. The van der Waals surface area contributed by atoms with Crippen molar-refractivity contribution in [3.05, 3.63) is 0 Å². The molecular formula is C11H22S2Si. The molecule has 14 heavy (non-hydrogen) atoms. The van der Waals surface area contributed by atoms with E-state index in [-0.39, 0.29) is 0 Å². The van der Waals surface area contributed by atoms with Crippen molar-refractivity contribution in [2.75, 3.05) is 0 Å². The number of hydrogen-bond donors (Lipinski definition) is 0. The highest BCUT2D eigenvalue weighted by atomic mass is 32.2. The maximum absolute atomic E-state index is 2.53. The molecule has 0 unspecified atom stereocenters. The zero-order chi connectivity index (χ0) is 10.4. The van der Waals surface area contributed by atoms with E-state index in [0.29, 0.717) is 3.70 Å². The van der Waals surface area contributed by atoms with Crippen molar-refractivity contribution < 1.29 is 0 Å². The average Bonchev–Trinajstić information content (AvgIpc) is 2.40. The van der Waals surface area contributed by atoms with Crippen LogP contribution < -0.4 is 0 Å². The molecular weight excluding hydrogens is 224 g/mol. The molecule has 0 aromatic carbocycles. The first-order valence-corrected chi connectivity index (χ1v) is 11.0. The van der Waals surface area contributed by atoms with E-state index in [4.69, 9.17) is 0 Å². The highest BCUT2D eigenvalue weighted by Crippen LogP contribution is 2.59. The van der Waals surface area contributed by atoms with Crippen molar-refractivity contribution in [2.24, 2.45) is 0 Å². The van der Waals surface area contributed by atoms with E-state index in [1.54, 1.807) is 0 Å². The van der Waals surface area contributed by atoms with E-state index in [0.717, 1.165) is 10.5 Å². The van der Waals surface area contributed by atoms with Crippen LogP contribution in [0.1, 0.15) is 32.6 Å². The minimum absolute atomic E-state index is 0.590. The topological polar surface area (TPSA) is 0 Å². The summed E-state index contributed by atoms with van der Waals surface area (Å²) in [6, 6.07) is 0. The second kappa shape index (κ2) is 3.74. The molecule has 1 heterocycles. The quantitative estimate of drug-likeness (QED) is 0.630. The predicted octanol–water partition coefficient (Wildman–Crippen LogP) is 4.37. The summed E-state index contributed by atoms with van der Waals surface area (Å²) in [7, 11) is -1.01. The molecule has 1 aliphatic heterocycles. The summed E-state index contributed by atoms with van der Waals surface area (Å²) in [4.78, 5) is 0. The lowest BCUT2D eigenvalue weighted by molar-refractivity contribution is 0.532. The van der Waals surface area contributed by atoms with Crippen molar-refractivity contribution >= 4 is 31.6 Å². The summed E-state index contributed by atoms with van der Waals surface area (Å²) in [6.07, 6.45) is 5.94. The minimum Gasteiger partial charge on any atom is -0.143 e. The third kappa shape index (κ3) is 1.92. The van der Waals surface area contributed by atoms with Crippen LogP contribution in [0.3, 0.4) is 0 Å². The largest absolute Gasteiger partial charge is 0.143 e. The van der Waals surface area contributed by atoms with Crippen molar-refractivity contribution in [2.45, 2.75) is 66.5 Å². The van der Waals surface area contributed by atoms with Crippen molar-refractivity contribution in [1.82, 2.24) is 0 Å². The standard InChI is InChI=1S/C11H22S2Si/c1-11(14(2,3)4)12-9-7-5-6-8-10(9)13-11/h9-10H,5-8H2,1-4H3/t9-,10-/m0/s1. The Labute approximate surface area is 98.0 Å². The molecule has 0 spiro atoms. The zero-order valence-electron chi connectivity index (χ0n) is 9.80. The maximum Gasteiger partial charge on any atom is 0.0748 e. The third-order valence-corrected chi connectivity index (χ3v) is 14.2. The summed E-state index contributed by atoms with van der Waals surface area (Å²) in [6.45, 7) is 10.1. The van der Waals surface area contributed by atoms with Gasteiger partial charge in [0.05, 0.1) is 11.8 Å². The zero-order valence-corrected chi connectivity index (χ0v) is 12.4. The van der Waals surface area contributed by atoms with Gasteiger partial charge in [-0.2, -0.15) is 0 Å². The minimum atomic E-state index is -1.01. The van der Waals surface area contributed by atoms with E-state index in [2.05, 4.69) is 50.1 Å². The number of fused-ring (bicyclic) bond motifs is 1. The van der Waals surface area contributed by atoms with Gasteiger partial charge >= 0.3 is 0 Å². The lowest BCUT2D eigenvalue weighted by atomic mass is 10.00. The van der Waals surface area contributed by atoms with E-state index in [9.17, 15) is 0 Å². The maximum atomic E-state index is 2.53. The average molecular weight is 247 g/mol. The van der Waals surface area contributed by atoms with Gasteiger partial charge in [0.25, 0.3) is 0 Å². The molecule has 1 saturated heterocycles. The fourth-order valence-electron chi connectivity index (χ4n) is 2.29. The molecule has 2 aliphatic rings. The van der Waals surface area contributed by atoms with Crippen molar-refractivity contribution in [1.29, 1.82) is 0 Å². The molecule has 2 fully saturated rings. The van der Waals surface area contributed by atoms with Crippen LogP contribution in [0.2, 0.25) is 19.6 Å². The van der Waals surface area contributed by atoms with E-state index >= 15 is 0 Å². The summed E-state index contributed by atoms with van der Waals surface area (Å²) in [5.41, 5.74) is 0. The Morgan fingerprint density at radius 1 is 1.00 bits per heavy atom. The summed E-state index contributed by atoms with van der Waals surface area (Å²) in [5.74, 6) is 0. The van der Waals surface area contributed by atoms with Crippen LogP contribution in [0.15, 0.2) is 0 Å². The van der Waals surface area contributed by atoms with Crippen LogP contribution in [0, 0.1) is 0 Å². The van der Waals surface area contributed by atoms with Gasteiger partial charge in [-0.25, -0.2) is 0 Å². The highest BCUT2D eigenvalue weighted by Gasteiger charge is 2.51.